The van der Waals surface area contributed by atoms with E-state index in [-0.39, 0.29) is 0 Å². The molecule has 2 atom stereocenters. The summed E-state index contributed by atoms with van der Waals surface area (Å²) in [5.74, 6) is 2.42. The second-order valence-corrected chi connectivity index (χ2v) is 4.28. The van der Waals surface area contributed by atoms with E-state index in [0.717, 1.165) is 29.8 Å². The average molecular weight is 206 g/mol. The molecular weight excluding hydrogens is 188 g/mol. The molecule has 82 valence electrons. The zero-order chi connectivity index (χ0) is 10.8. The minimum Gasteiger partial charge on any atom is -0.495 e. The van der Waals surface area contributed by atoms with Crippen LogP contribution in [0.15, 0.2) is 18.2 Å². The molecule has 0 bridgehead atoms. The number of nitrogens with two attached hydrogens (primary N) is 1. The zero-order valence-electron chi connectivity index (χ0n) is 9.29. The fourth-order valence-corrected chi connectivity index (χ4v) is 1.80. The third-order valence-electron chi connectivity index (χ3n) is 3.12. The van der Waals surface area contributed by atoms with Crippen LogP contribution < -0.4 is 15.8 Å². The molecule has 0 aromatic heterocycles. The normalized spacial score (nSPS) is 23.6. The third-order valence-corrected chi connectivity index (χ3v) is 3.12. The van der Waals surface area contributed by atoms with Crippen molar-refractivity contribution in [2.45, 2.75) is 13.3 Å². The van der Waals surface area contributed by atoms with E-state index < -0.39 is 0 Å². The van der Waals surface area contributed by atoms with Gasteiger partial charge in [-0.2, -0.15) is 0 Å². The van der Waals surface area contributed by atoms with Crippen molar-refractivity contribution < 1.29 is 4.74 Å². The fourth-order valence-electron chi connectivity index (χ4n) is 1.80. The summed E-state index contributed by atoms with van der Waals surface area (Å²) >= 11 is 0. The van der Waals surface area contributed by atoms with Crippen molar-refractivity contribution in [1.82, 2.24) is 0 Å². The van der Waals surface area contributed by atoms with E-state index in [1.165, 1.54) is 6.42 Å². The number of benzene rings is 1. The van der Waals surface area contributed by atoms with Gasteiger partial charge in [-0.05, 0) is 30.4 Å². The number of anilines is 2. The van der Waals surface area contributed by atoms with Gasteiger partial charge in [-0.15, -0.1) is 0 Å². The Labute approximate surface area is 90.6 Å². The summed E-state index contributed by atoms with van der Waals surface area (Å²) in [6.45, 7) is 3.29. The standard InChI is InChI=1S/C12H18N2O/c1-8-6-9(8)7-14-10-4-3-5-11(15-2)12(10)13/h3-5,8-9,14H,6-7,13H2,1-2H3. The highest BCUT2D eigenvalue weighted by Crippen LogP contribution is 2.38. The lowest BCUT2D eigenvalue weighted by atomic mass is 10.2. The van der Waals surface area contributed by atoms with E-state index in [4.69, 9.17) is 10.5 Å². The number of methoxy groups -OCH3 is 1. The van der Waals surface area contributed by atoms with E-state index >= 15 is 0 Å². The first kappa shape index (κ1) is 10.1. The molecule has 1 aliphatic carbocycles. The fraction of sp³-hybridized carbons (Fsp3) is 0.500. The van der Waals surface area contributed by atoms with Crippen molar-refractivity contribution in [3.05, 3.63) is 18.2 Å². The maximum atomic E-state index is 5.95. The Bertz CT molecular complexity index is 351. The van der Waals surface area contributed by atoms with Gasteiger partial charge in [0.2, 0.25) is 0 Å². The van der Waals surface area contributed by atoms with Crippen molar-refractivity contribution in [2.24, 2.45) is 11.8 Å². The predicted molar refractivity (Wildman–Crippen MR) is 63.2 cm³/mol. The number of nitrogen functional groups attached to an aromatic ring is 1. The van der Waals surface area contributed by atoms with Crippen molar-refractivity contribution in [2.75, 3.05) is 24.7 Å². The summed E-state index contributed by atoms with van der Waals surface area (Å²) in [5, 5.41) is 3.38. The molecule has 1 aromatic carbocycles. The second kappa shape index (κ2) is 4.01. The molecule has 15 heavy (non-hydrogen) atoms. The molecule has 3 N–H and O–H groups in total. The van der Waals surface area contributed by atoms with Crippen LogP contribution in [0.1, 0.15) is 13.3 Å². The Morgan fingerprint density at radius 1 is 1.53 bits per heavy atom. The first-order chi connectivity index (χ1) is 7.22. The summed E-state index contributed by atoms with van der Waals surface area (Å²) in [6, 6.07) is 5.82. The summed E-state index contributed by atoms with van der Waals surface area (Å²) in [4.78, 5) is 0. The van der Waals surface area contributed by atoms with E-state index in [2.05, 4.69) is 12.2 Å². The molecule has 0 spiro atoms. The molecule has 0 amide bonds. The molecule has 3 heteroatoms. The Morgan fingerprint density at radius 3 is 2.87 bits per heavy atom. The van der Waals surface area contributed by atoms with Gasteiger partial charge in [0.25, 0.3) is 0 Å². The van der Waals surface area contributed by atoms with Gasteiger partial charge in [0.15, 0.2) is 0 Å². The number of hydrogen-bond acceptors (Lipinski definition) is 3. The van der Waals surface area contributed by atoms with E-state index in [1.54, 1.807) is 7.11 Å². The van der Waals surface area contributed by atoms with Crippen LogP contribution in [0.3, 0.4) is 0 Å². The van der Waals surface area contributed by atoms with Crippen molar-refractivity contribution in [1.29, 1.82) is 0 Å². The van der Waals surface area contributed by atoms with Gasteiger partial charge in [0, 0.05) is 6.54 Å². The summed E-state index contributed by atoms with van der Waals surface area (Å²) in [7, 11) is 1.64. The SMILES string of the molecule is COc1cccc(NCC2CC2C)c1N. The quantitative estimate of drug-likeness (QED) is 0.743. The number of nitrogens with one attached hydrogen (secondary N) is 1. The van der Waals surface area contributed by atoms with Gasteiger partial charge < -0.3 is 15.8 Å². The van der Waals surface area contributed by atoms with Gasteiger partial charge in [0.1, 0.15) is 5.75 Å². The second-order valence-electron chi connectivity index (χ2n) is 4.28. The molecule has 0 saturated heterocycles. The molecule has 2 unspecified atom stereocenters. The van der Waals surface area contributed by atoms with Crippen LogP contribution in [0, 0.1) is 11.8 Å². The molecular formula is C12H18N2O. The number of ether oxygens (including phenoxy) is 1. The molecule has 1 saturated carbocycles. The Balaban J connectivity index is 2.01. The van der Waals surface area contributed by atoms with E-state index in [1.807, 2.05) is 18.2 Å². The van der Waals surface area contributed by atoms with Gasteiger partial charge in [-0.1, -0.05) is 13.0 Å². The van der Waals surface area contributed by atoms with Crippen LogP contribution >= 0.6 is 0 Å². The van der Waals surface area contributed by atoms with Crippen LogP contribution in [0.25, 0.3) is 0 Å². The summed E-state index contributed by atoms with van der Waals surface area (Å²) in [6.07, 6.45) is 1.33. The monoisotopic (exact) mass is 206 g/mol. The molecule has 1 aliphatic rings. The maximum absolute atomic E-state index is 5.95. The number of hydrogen-bond donors (Lipinski definition) is 2. The van der Waals surface area contributed by atoms with Crippen LogP contribution in [0.5, 0.6) is 5.75 Å². The molecule has 1 aromatic rings. The number of para-hydroxylation sites is 1. The zero-order valence-corrected chi connectivity index (χ0v) is 9.29. The highest BCUT2D eigenvalue weighted by Gasteiger charge is 2.31. The van der Waals surface area contributed by atoms with Gasteiger partial charge in [-0.25, -0.2) is 0 Å². The van der Waals surface area contributed by atoms with Crippen LogP contribution in [-0.4, -0.2) is 13.7 Å². The van der Waals surface area contributed by atoms with Crippen molar-refractivity contribution in [3.63, 3.8) is 0 Å². The topological polar surface area (TPSA) is 47.3 Å². The van der Waals surface area contributed by atoms with E-state index in [0.29, 0.717) is 5.69 Å². The minimum absolute atomic E-state index is 0.702. The molecule has 0 radical (unpaired) electrons. The minimum atomic E-state index is 0.702. The molecule has 1 fully saturated rings. The Kier molecular flexibility index (Phi) is 2.71. The smallest absolute Gasteiger partial charge is 0.143 e. The van der Waals surface area contributed by atoms with Gasteiger partial charge >= 0.3 is 0 Å². The average Bonchev–Trinajstić information content (AvgIpc) is 2.93. The van der Waals surface area contributed by atoms with Crippen molar-refractivity contribution >= 4 is 11.4 Å². The van der Waals surface area contributed by atoms with E-state index in [9.17, 15) is 0 Å². The lowest BCUT2D eigenvalue weighted by Crippen LogP contribution is -2.07. The highest BCUT2D eigenvalue weighted by atomic mass is 16.5. The van der Waals surface area contributed by atoms with Gasteiger partial charge in [0.05, 0.1) is 18.5 Å². The molecule has 2 rings (SSSR count). The Hall–Kier alpha value is -1.38. The van der Waals surface area contributed by atoms with Crippen LogP contribution in [0.2, 0.25) is 0 Å². The molecule has 3 nitrogen and oxygen atoms in total. The lowest BCUT2D eigenvalue weighted by Gasteiger charge is -2.11. The molecule has 0 heterocycles. The highest BCUT2D eigenvalue weighted by molar-refractivity contribution is 5.72. The largest absolute Gasteiger partial charge is 0.495 e. The number of rotatable bonds is 4. The Morgan fingerprint density at radius 2 is 2.27 bits per heavy atom. The summed E-state index contributed by atoms with van der Waals surface area (Å²) < 4.78 is 5.16. The first-order valence-corrected chi connectivity index (χ1v) is 5.38. The maximum Gasteiger partial charge on any atom is 0.143 e. The first-order valence-electron chi connectivity index (χ1n) is 5.38. The lowest BCUT2D eigenvalue weighted by molar-refractivity contribution is 0.417. The van der Waals surface area contributed by atoms with Crippen molar-refractivity contribution in [3.8, 4) is 5.75 Å². The van der Waals surface area contributed by atoms with Crippen LogP contribution in [0.4, 0.5) is 11.4 Å². The van der Waals surface area contributed by atoms with Gasteiger partial charge in [-0.3, -0.25) is 0 Å². The third kappa shape index (κ3) is 2.17. The van der Waals surface area contributed by atoms with Crippen LogP contribution in [-0.2, 0) is 0 Å². The predicted octanol–water partition coefficient (Wildman–Crippen LogP) is 2.35. The molecule has 0 aliphatic heterocycles. The summed E-state index contributed by atoms with van der Waals surface area (Å²) in [5.41, 5.74) is 7.63.